The zero-order chi connectivity index (χ0) is 27.9. The van der Waals surface area contributed by atoms with Crippen molar-refractivity contribution >= 4 is 35.0 Å². The predicted octanol–water partition coefficient (Wildman–Crippen LogP) is 5.32. The van der Waals surface area contributed by atoms with Crippen LogP contribution in [0.4, 0.5) is 11.4 Å². The van der Waals surface area contributed by atoms with E-state index >= 15 is 0 Å². The molecule has 3 fully saturated rings. The maximum atomic E-state index is 12.9. The first-order chi connectivity index (χ1) is 19.5. The van der Waals surface area contributed by atoms with Crippen LogP contribution in [-0.4, -0.2) is 59.6 Å². The van der Waals surface area contributed by atoms with Crippen LogP contribution in [0.5, 0.6) is 0 Å². The zero-order valence-electron chi connectivity index (χ0n) is 23.2. The van der Waals surface area contributed by atoms with Crippen LogP contribution in [0.2, 0.25) is 0 Å². The van der Waals surface area contributed by atoms with E-state index in [0.717, 1.165) is 51.9 Å². The van der Waals surface area contributed by atoms with E-state index in [1.807, 2.05) is 9.80 Å². The molecule has 0 aromatic heterocycles. The fourth-order valence-electron chi connectivity index (χ4n) is 6.06. The molecule has 0 unspecified atom stereocenters. The average Bonchev–Trinajstić information content (AvgIpc) is 3.02. The van der Waals surface area contributed by atoms with Gasteiger partial charge >= 0.3 is 0 Å². The number of likely N-dealkylation sites (tertiary alicyclic amines) is 2. The van der Waals surface area contributed by atoms with E-state index in [0.29, 0.717) is 48.2 Å². The number of amides is 4. The Bertz CT molecular complexity index is 1090. The van der Waals surface area contributed by atoms with Crippen molar-refractivity contribution in [1.82, 2.24) is 9.80 Å². The van der Waals surface area contributed by atoms with Crippen LogP contribution < -0.4 is 10.6 Å². The smallest absolute Gasteiger partial charge is 0.253 e. The van der Waals surface area contributed by atoms with Crippen molar-refractivity contribution in [3.63, 3.8) is 0 Å². The van der Waals surface area contributed by atoms with Gasteiger partial charge in [0.1, 0.15) is 0 Å². The minimum Gasteiger partial charge on any atom is -0.339 e. The lowest BCUT2D eigenvalue weighted by molar-refractivity contribution is -0.125. The fourth-order valence-corrected chi connectivity index (χ4v) is 6.06. The molecule has 4 amide bonds. The van der Waals surface area contributed by atoms with E-state index in [2.05, 4.69) is 10.6 Å². The summed E-state index contributed by atoms with van der Waals surface area (Å²) in [5.74, 6) is -0.254. The van der Waals surface area contributed by atoms with Crippen LogP contribution in [0.15, 0.2) is 48.5 Å². The van der Waals surface area contributed by atoms with Crippen LogP contribution in [0.1, 0.15) is 84.9 Å². The highest BCUT2D eigenvalue weighted by Gasteiger charge is 2.30. The predicted molar refractivity (Wildman–Crippen MR) is 155 cm³/mol. The highest BCUT2D eigenvalue weighted by molar-refractivity contribution is 5.97. The maximum absolute atomic E-state index is 12.9. The molecule has 5 rings (SSSR count). The van der Waals surface area contributed by atoms with Gasteiger partial charge in [0.2, 0.25) is 11.8 Å². The molecule has 0 radical (unpaired) electrons. The Morgan fingerprint density at radius 1 is 0.500 bits per heavy atom. The molecule has 2 N–H and O–H groups in total. The summed E-state index contributed by atoms with van der Waals surface area (Å²) in [6.45, 7) is 3.24. The van der Waals surface area contributed by atoms with Crippen molar-refractivity contribution < 1.29 is 19.2 Å². The highest BCUT2D eigenvalue weighted by atomic mass is 16.2. The Hall–Kier alpha value is -3.68. The summed E-state index contributed by atoms with van der Waals surface area (Å²) < 4.78 is 0. The normalized spacial score (nSPS) is 21.4. The number of benzene rings is 2. The first-order valence-corrected chi connectivity index (χ1v) is 14.9. The lowest BCUT2D eigenvalue weighted by Crippen LogP contribution is -2.35. The van der Waals surface area contributed by atoms with E-state index in [9.17, 15) is 19.2 Å². The van der Waals surface area contributed by atoms with Gasteiger partial charge in [0.15, 0.2) is 0 Å². The fraction of sp³-hybridized carbons (Fsp3) is 0.500. The molecule has 8 heteroatoms. The number of carbonyl (C=O) groups is 4. The molecule has 1 aliphatic carbocycles. The number of nitrogens with one attached hydrogen (secondary N) is 2. The number of rotatable bonds is 6. The molecule has 40 heavy (non-hydrogen) atoms. The minimum atomic E-state index is -0.140. The molecule has 0 bridgehead atoms. The summed E-state index contributed by atoms with van der Waals surface area (Å²) in [5, 5.41) is 5.97. The van der Waals surface area contributed by atoms with Crippen LogP contribution in [0.3, 0.4) is 0 Å². The second-order valence-corrected chi connectivity index (χ2v) is 11.4. The van der Waals surface area contributed by atoms with Crippen molar-refractivity contribution in [2.75, 3.05) is 36.8 Å². The third kappa shape index (κ3) is 6.90. The summed E-state index contributed by atoms with van der Waals surface area (Å²) in [6.07, 6.45) is 9.18. The Balaban J connectivity index is 1.06. The van der Waals surface area contributed by atoms with Gasteiger partial charge in [-0.15, -0.1) is 0 Å². The summed E-state index contributed by atoms with van der Waals surface area (Å²) in [5.41, 5.74) is 2.66. The van der Waals surface area contributed by atoms with Crippen molar-refractivity contribution in [1.29, 1.82) is 0 Å². The van der Waals surface area contributed by atoms with Gasteiger partial charge in [-0.3, -0.25) is 19.2 Å². The van der Waals surface area contributed by atoms with E-state index in [4.69, 9.17) is 0 Å². The van der Waals surface area contributed by atoms with Gasteiger partial charge in [-0.2, -0.15) is 0 Å². The molecule has 212 valence electrons. The van der Waals surface area contributed by atoms with Gasteiger partial charge in [-0.25, -0.2) is 0 Å². The molecular formula is C32H40N4O4. The molecule has 2 aromatic carbocycles. The van der Waals surface area contributed by atoms with Crippen molar-refractivity contribution in [3.8, 4) is 0 Å². The molecule has 2 saturated heterocycles. The molecule has 2 aromatic rings. The molecule has 8 nitrogen and oxygen atoms in total. The van der Waals surface area contributed by atoms with Crippen LogP contribution in [0.25, 0.3) is 0 Å². The van der Waals surface area contributed by atoms with Gasteiger partial charge in [-0.05, 0) is 113 Å². The largest absolute Gasteiger partial charge is 0.339 e. The number of carbonyl (C=O) groups excluding carboxylic acids is 4. The Labute approximate surface area is 236 Å². The van der Waals surface area contributed by atoms with E-state index in [-0.39, 0.29) is 35.5 Å². The van der Waals surface area contributed by atoms with E-state index in [1.165, 1.54) is 12.8 Å². The topological polar surface area (TPSA) is 98.8 Å². The third-order valence-electron chi connectivity index (χ3n) is 8.55. The van der Waals surface area contributed by atoms with Crippen LogP contribution in [0, 0.1) is 11.8 Å². The highest BCUT2D eigenvalue weighted by Crippen LogP contribution is 2.31. The first-order valence-electron chi connectivity index (χ1n) is 14.9. The number of anilines is 2. The Kier molecular flexibility index (Phi) is 9.14. The van der Waals surface area contributed by atoms with E-state index < -0.39 is 0 Å². The molecule has 0 spiro atoms. The molecule has 0 atom stereocenters. The standard InChI is InChI=1S/C32H40N4O4/c37-29(33-27-15-11-25(12-16-27)31(39)35-19-3-1-4-20-35)23-7-9-24(10-8-23)30(38)34-28-17-13-26(14-18-28)32(40)36-21-5-2-6-22-36/h11-18,23-24H,1-10,19-22H2,(H,33,37)(H,34,38). The average molecular weight is 545 g/mol. The van der Waals surface area contributed by atoms with Crippen molar-refractivity contribution in [2.24, 2.45) is 11.8 Å². The van der Waals surface area contributed by atoms with Gasteiger partial charge in [0.25, 0.3) is 11.8 Å². The van der Waals surface area contributed by atoms with Crippen LogP contribution >= 0.6 is 0 Å². The molecule has 2 heterocycles. The maximum Gasteiger partial charge on any atom is 0.253 e. The van der Waals surface area contributed by atoms with Crippen molar-refractivity contribution in [3.05, 3.63) is 59.7 Å². The summed E-state index contributed by atoms with van der Waals surface area (Å²) in [7, 11) is 0. The third-order valence-corrected chi connectivity index (χ3v) is 8.55. The molecule has 1 saturated carbocycles. The van der Waals surface area contributed by atoms with E-state index in [1.54, 1.807) is 48.5 Å². The van der Waals surface area contributed by atoms with Crippen molar-refractivity contribution in [2.45, 2.75) is 64.2 Å². The molecule has 2 aliphatic heterocycles. The lowest BCUT2D eigenvalue weighted by Gasteiger charge is -2.27. The second-order valence-electron chi connectivity index (χ2n) is 11.4. The number of piperidine rings is 2. The van der Waals surface area contributed by atoms with Gasteiger partial charge in [-0.1, -0.05) is 0 Å². The minimum absolute atomic E-state index is 0.0390. The van der Waals surface area contributed by atoms with Crippen LogP contribution in [-0.2, 0) is 9.59 Å². The molecule has 3 aliphatic rings. The second kappa shape index (κ2) is 13.1. The van der Waals surface area contributed by atoms with Gasteiger partial charge in [0.05, 0.1) is 0 Å². The molecular weight excluding hydrogens is 504 g/mol. The summed E-state index contributed by atoms with van der Waals surface area (Å²) in [6, 6.07) is 14.3. The lowest BCUT2D eigenvalue weighted by atomic mass is 9.81. The SMILES string of the molecule is O=C(Nc1ccc(C(=O)N2CCCCC2)cc1)C1CCC(C(=O)Nc2ccc(C(=O)N3CCCCC3)cc2)CC1. The Morgan fingerprint density at radius 3 is 1.15 bits per heavy atom. The monoisotopic (exact) mass is 544 g/mol. The number of hydrogen-bond acceptors (Lipinski definition) is 4. The van der Waals surface area contributed by atoms with Gasteiger partial charge < -0.3 is 20.4 Å². The quantitative estimate of drug-likeness (QED) is 0.514. The van der Waals surface area contributed by atoms with Gasteiger partial charge in [0, 0.05) is 60.5 Å². The number of nitrogens with zero attached hydrogens (tertiary/aromatic N) is 2. The Morgan fingerprint density at radius 2 is 0.825 bits per heavy atom. The number of hydrogen-bond donors (Lipinski definition) is 2. The summed E-state index contributed by atoms with van der Waals surface area (Å²) >= 11 is 0. The first kappa shape index (κ1) is 27.9. The summed E-state index contributed by atoms with van der Waals surface area (Å²) in [4.78, 5) is 54.9. The zero-order valence-corrected chi connectivity index (χ0v) is 23.2.